The lowest BCUT2D eigenvalue weighted by atomic mass is 10.1. The van der Waals surface area contributed by atoms with Crippen molar-refractivity contribution < 1.29 is 4.74 Å². The highest BCUT2D eigenvalue weighted by Crippen LogP contribution is 2.10. The van der Waals surface area contributed by atoms with Crippen molar-refractivity contribution in [2.24, 2.45) is 0 Å². The number of benzene rings is 1. The first-order valence-corrected chi connectivity index (χ1v) is 7.34. The van der Waals surface area contributed by atoms with E-state index in [1.54, 1.807) is 4.57 Å². The van der Waals surface area contributed by atoms with Gasteiger partial charge in [0.2, 0.25) is 0 Å². The number of ether oxygens (including phenoxy) is 1. The van der Waals surface area contributed by atoms with Crippen molar-refractivity contribution in [1.82, 2.24) is 14.9 Å². The molecule has 1 saturated heterocycles. The molecule has 20 heavy (non-hydrogen) atoms. The van der Waals surface area contributed by atoms with E-state index < -0.39 is 0 Å². The predicted octanol–water partition coefficient (Wildman–Crippen LogP) is 1.49. The summed E-state index contributed by atoms with van der Waals surface area (Å²) < 4.78 is 7.63. The maximum absolute atomic E-state index is 11.9. The van der Waals surface area contributed by atoms with Gasteiger partial charge in [0.1, 0.15) is 0 Å². The number of nitrogens with zero attached hydrogens (tertiary/aromatic N) is 1. The van der Waals surface area contributed by atoms with Gasteiger partial charge in [-0.2, -0.15) is 0 Å². The number of rotatable bonds is 5. The number of fused-ring (bicyclic) bond motifs is 1. The van der Waals surface area contributed by atoms with Crippen molar-refractivity contribution in [3.8, 4) is 0 Å². The second-order valence-corrected chi connectivity index (χ2v) is 5.29. The summed E-state index contributed by atoms with van der Waals surface area (Å²) in [5.74, 6) is 0. The molecule has 108 valence electrons. The Bertz CT molecular complexity index is 611. The van der Waals surface area contributed by atoms with E-state index in [2.05, 4.69) is 10.3 Å². The van der Waals surface area contributed by atoms with Gasteiger partial charge in [-0.05, 0) is 37.9 Å². The minimum Gasteiger partial charge on any atom is -0.377 e. The Morgan fingerprint density at radius 2 is 2.25 bits per heavy atom. The monoisotopic (exact) mass is 275 g/mol. The van der Waals surface area contributed by atoms with E-state index in [1.807, 2.05) is 24.3 Å². The van der Waals surface area contributed by atoms with Crippen LogP contribution in [-0.4, -0.2) is 35.4 Å². The van der Waals surface area contributed by atoms with E-state index in [-0.39, 0.29) is 5.69 Å². The van der Waals surface area contributed by atoms with E-state index in [9.17, 15) is 4.79 Å². The molecule has 2 heterocycles. The van der Waals surface area contributed by atoms with Gasteiger partial charge in [0.05, 0.1) is 17.1 Å². The van der Waals surface area contributed by atoms with E-state index in [4.69, 9.17) is 4.74 Å². The van der Waals surface area contributed by atoms with Crippen LogP contribution >= 0.6 is 0 Å². The van der Waals surface area contributed by atoms with Crippen molar-refractivity contribution in [2.75, 3.05) is 19.7 Å². The van der Waals surface area contributed by atoms with Crippen LogP contribution in [0.3, 0.4) is 0 Å². The second-order valence-electron chi connectivity index (χ2n) is 5.29. The Kier molecular flexibility index (Phi) is 4.18. The Balaban J connectivity index is 1.54. The molecule has 1 fully saturated rings. The summed E-state index contributed by atoms with van der Waals surface area (Å²) >= 11 is 0. The maximum Gasteiger partial charge on any atom is 0.326 e. The van der Waals surface area contributed by atoms with Gasteiger partial charge in [0, 0.05) is 19.7 Å². The molecular weight excluding hydrogens is 254 g/mol. The summed E-state index contributed by atoms with van der Waals surface area (Å²) in [5, 5.41) is 3.34. The summed E-state index contributed by atoms with van der Waals surface area (Å²) in [7, 11) is 0. The average Bonchev–Trinajstić information content (AvgIpc) is 2.80. The molecule has 5 nitrogen and oxygen atoms in total. The fourth-order valence-corrected chi connectivity index (χ4v) is 2.76. The molecule has 1 aromatic heterocycles. The summed E-state index contributed by atoms with van der Waals surface area (Å²) in [6, 6.07) is 7.79. The van der Waals surface area contributed by atoms with Gasteiger partial charge in [-0.15, -0.1) is 0 Å². The highest BCUT2D eigenvalue weighted by atomic mass is 16.5. The lowest BCUT2D eigenvalue weighted by Crippen LogP contribution is -2.35. The molecule has 0 aliphatic carbocycles. The van der Waals surface area contributed by atoms with E-state index in [1.165, 1.54) is 6.42 Å². The van der Waals surface area contributed by atoms with Crippen LogP contribution in [0.5, 0.6) is 0 Å². The SMILES string of the molecule is O=c1[nH]c2ccccc2n1CCCO[C@H]1CCCNC1. The molecule has 1 aliphatic heterocycles. The molecule has 0 bridgehead atoms. The predicted molar refractivity (Wildman–Crippen MR) is 79.0 cm³/mol. The molecule has 0 amide bonds. The third-order valence-electron chi connectivity index (χ3n) is 3.81. The molecular formula is C15H21N3O2. The molecule has 0 saturated carbocycles. The number of aromatic nitrogens is 2. The van der Waals surface area contributed by atoms with Crippen molar-refractivity contribution >= 4 is 11.0 Å². The summed E-state index contributed by atoms with van der Waals surface area (Å²) in [6.45, 7) is 3.46. The molecule has 0 unspecified atom stereocenters. The van der Waals surface area contributed by atoms with Crippen LogP contribution in [0.1, 0.15) is 19.3 Å². The first kappa shape index (κ1) is 13.4. The Morgan fingerprint density at radius 3 is 3.10 bits per heavy atom. The van der Waals surface area contributed by atoms with Gasteiger partial charge in [-0.1, -0.05) is 12.1 Å². The molecule has 1 atom stereocenters. The number of hydrogen-bond acceptors (Lipinski definition) is 3. The van der Waals surface area contributed by atoms with Crippen molar-refractivity contribution in [3.05, 3.63) is 34.7 Å². The van der Waals surface area contributed by atoms with Crippen LogP contribution in [-0.2, 0) is 11.3 Å². The largest absolute Gasteiger partial charge is 0.377 e. The second kappa shape index (κ2) is 6.24. The summed E-state index contributed by atoms with van der Waals surface area (Å²) in [5.41, 5.74) is 1.83. The molecule has 1 aliphatic rings. The van der Waals surface area contributed by atoms with Crippen LogP contribution in [0.25, 0.3) is 11.0 Å². The minimum absolute atomic E-state index is 0.0365. The third kappa shape index (κ3) is 2.94. The molecule has 2 aromatic rings. The van der Waals surface area contributed by atoms with Gasteiger partial charge < -0.3 is 15.0 Å². The smallest absolute Gasteiger partial charge is 0.326 e. The van der Waals surface area contributed by atoms with E-state index >= 15 is 0 Å². The third-order valence-corrected chi connectivity index (χ3v) is 3.81. The number of aryl methyl sites for hydroxylation is 1. The zero-order valence-electron chi connectivity index (χ0n) is 11.6. The number of para-hydroxylation sites is 2. The number of hydrogen-bond donors (Lipinski definition) is 2. The normalized spacial score (nSPS) is 19.5. The number of piperidine rings is 1. The van der Waals surface area contributed by atoms with E-state index in [0.717, 1.165) is 37.0 Å². The molecule has 2 N–H and O–H groups in total. The fraction of sp³-hybridized carbons (Fsp3) is 0.533. The number of nitrogens with one attached hydrogen (secondary N) is 2. The molecule has 0 radical (unpaired) electrons. The van der Waals surface area contributed by atoms with Gasteiger partial charge in [0.15, 0.2) is 0 Å². The van der Waals surface area contributed by atoms with Crippen LogP contribution in [0, 0.1) is 0 Å². The first-order valence-electron chi connectivity index (χ1n) is 7.34. The van der Waals surface area contributed by atoms with Crippen molar-refractivity contribution in [2.45, 2.75) is 31.9 Å². The number of H-pyrrole nitrogens is 1. The molecule has 0 spiro atoms. The molecule has 3 rings (SSSR count). The minimum atomic E-state index is -0.0365. The molecule has 5 heteroatoms. The standard InChI is InChI=1S/C15H21N3O2/c19-15-17-13-6-1-2-7-14(13)18(15)9-4-10-20-12-5-3-8-16-11-12/h1-2,6-7,12,16H,3-5,8-11H2,(H,17,19)/t12-/m0/s1. The maximum atomic E-state index is 11.9. The highest BCUT2D eigenvalue weighted by Gasteiger charge is 2.12. The fourth-order valence-electron chi connectivity index (χ4n) is 2.76. The summed E-state index contributed by atoms with van der Waals surface area (Å²) in [6.07, 6.45) is 3.52. The van der Waals surface area contributed by atoms with Crippen molar-refractivity contribution in [1.29, 1.82) is 0 Å². The van der Waals surface area contributed by atoms with Crippen LogP contribution in [0.15, 0.2) is 29.1 Å². The number of aromatic amines is 1. The molecule has 1 aromatic carbocycles. The zero-order chi connectivity index (χ0) is 13.8. The lowest BCUT2D eigenvalue weighted by Gasteiger charge is -2.23. The quantitative estimate of drug-likeness (QED) is 0.813. The summed E-state index contributed by atoms with van der Waals surface area (Å²) in [4.78, 5) is 14.8. The topological polar surface area (TPSA) is 59.0 Å². The number of imidazole rings is 1. The first-order chi connectivity index (χ1) is 9.84. The van der Waals surface area contributed by atoms with Crippen molar-refractivity contribution in [3.63, 3.8) is 0 Å². The zero-order valence-corrected chi connectivity index (χ0v) is 11.6. The van der Waals surface area contributed by atoms with Gasteiger partial charge in [-0.3, -0.25) is 4.57 Å². The Morgan fingerprint density at radius 1 is 1.35 bits per heavy atom. The lowest BCUT2D eigenvalue weighted by molar-refractivity contribution is 0.0341. The highest BCUT2D eigenvalue weighted by molar-refractivity contribution is 5.74. The van der Waals surface area contributed by atoms with E-state index in [0.29, 0.717) is 19.3 Å². The average molecular weight is 275 g/mol. The van der Waals surface area contributed by atoms with Gasteiger partial charge in [0.25, 0.3) is 0 Å². The van der Waals surface area contributed by atoms with Gasteiger partial charge in [-0.25, -0.2) is 4.79 Å². The van der Waals surface area contributed by atoms with Crippen LogP contribution in [0.2, 0.25) is 0 Å². The van der Waals surface area contributed by atoms with Crippen LogP contribution < -0.4 is 11.0 Å². The van der Waals surface area contributed by atoms with Gasteiger partial charge >= 0.3 is 5.69 Å². The Labute approximate surface area is 117 Å². The Hall–Kier alpha value is -1.59. The van der Waals surface area contributed by atoms with Crippen LogP contribution in [0.4, 0.5) is 0 Å².